The number of aromatic nitrogens is 3. The topological polar surface area (TPSA) is 68.0 Å². The molecule has 0 amide bonds. The Labute approximate surface area is 98.1 Å². The van der Waals surface area contributed by atoms with E-state index < -0.39 is 5.97 Å². The van der Waals surface area contributed by atoms with E-state index in [1.807, 2.05) is 11.5 Å². The quantitative estimate of drug-likeness (QED) is 0.813. The van der Waals surface area contributed by atoms with Crippen molar-refractivity contribution in [1.29, 1.82) is 0 Å². The van der Waals surface area contributed by atoms with E-state index in [1.54, 1.807) is 30.7 Å². The Morgan fingerprint density at radius 2 is 2.24 bits per heavy atom. The lowest BCUT2D eigenvalue weighted by molar-refractivity contribution is -0.131. The highest BCUT2D eigenvalue weighted by molar-refractivity contribution is 5.85. The smallest absolute Gasteiger partial charge is 0.328 e. The molecule has 0 saturated heterocycles. The number of hydrogen-bond donors (Lipinski definition) is 1. The average molecular weight is 229 g/mol. The summed E-state index contributed by atoms with van der Waals surface area (Å²) >= 11 is 0. The van der Waals surface area contributed by atoms with Crippen molar-refractivity contribution in [3.8, 4) is 5.82 Å². The molecule has 0 aliphatic rings. The molecule has 0 bridgehead atoms. The number of hydrogen-bond acceptors (Lipinski definition) is 3. The van der Waals surface area contributed by atoms with Crippen LogP contribution in [-0.4, -0.2) is 25.6 Å². The van der Waals surface area contributed by atoms with Gasteiger partial charge >= 0.3 is 5.97 Å². The van der Waals surface area contributed by atoms with Gasteiger partial charge in [-0.25, -0.2) is 14.8 Å². The maximum absolute atomic E-state index is 10.5. The third kappa shape index (κ3) is 2.39. The molecule has 86 valence electrons. The fraction of sp³-hybridized carbons (Fsp3) is 0.0833. The van der Waals surface area contributed by atoms with Crippen LogP contribution in [0.2, 0.25) is 0 Å². The second kappa shape index (κ2) is 4.61. The maximum Gasteiger partial charge on any atom is 0.328 e. The van der Waals surface area contributed by atoms with E-state index in [1.165, 1.54) is 6.08 Å². The van der Waals surface area contributed by atoms with E-state index in [9.17, 15) is 4.79 Å². The van der Waals surface area contributed by atoms with Gasteiger partial charge in [0.15, 0.2) is 0 Å². The molecule has 2 heterocycles. The molecule has 17 heavy (non-hydrogen) atoms. The van der Waals surface area contributed by atoms with Gasteiger partial charge in [-0.05, 0) is 25.1 Å². The molecular formula is C12H11N3O2. The summed E-state index contributed by atoms with van der Waals surface area (Å²) in [6.45, 7) is 1.86. The molecule has 0 aliphatic carbocycles. The summed E-state index contributed by atoms with van der Waals surface area (Å²) < 4.78 is 1.81. The van der Waals surface area contributed by atoms with E-state index in [0.29, 0.717) is 5.82 Å². The van der Waals surface area contributed by atoms with Crippen molar-refractivity contribution in [3.05, 3.63) is 48.2 Å². The van der Waals surface area contributed by atoms with Gasteiger partial charge in [-0.15, -0.1) is 0 Å². The van der Waals surface area contributed by atoms with Crippen LogP contribution in [0.15, 0.2) is 36.8 Å². The zero-order valence-corrected chi connectivity index (χ0v) is 9.24. The van der Waals surface area contributed by atoms with Crippen molar-refractivity contribution in [3.63, 3.8) is 0 Å². The molecule has 5 heteroatoms. The van der Waals surface area contributed by atoms with Crippen LogP contribution in [-0.2, 0) is 4.79 Å². The molecular weight excluding hydrogens is 218 g/mol. The number of aliphatic carboxylic acids is 1. The summed E-state index contributed by atoms with van der Waals surface area (Å²) in [4.78, 5) is 18.9. The van der Waals surface area contributed by atoms with E-state index in [2.05, 4.69) is 9.97 Å². The lowest BCUT2D eigenvalue weighted by Crippen LogP contribution is -2.01. The molecule has 2 aromatic rings. The standard InChI is InChI=1S/C12H11N3O2/c1-9-13-7-8-15(9)12-10(3-2-6-14-12)4-5-11(16)17/h2-8H,1H3,(H,16,17)/b5-4+. The molecule has 2 aromatic heterocycles. The Morgan fingerprint density at radius 3 is 2.88 bits per heavy atom. The first-order valence-electron chi connectivity index (χ1n) is 5.05. The molecule has 0 atom stereocenters. The Kier molecular flexibility index (Phi) is 3.00. The van der Waals surface area contributed by atoms with E-state index in [0.717, 1.165) is 17.5 Å². The highest BCUT2D eigenvalue weighted by Crippen LogP contribution is 2.14. The third-order valence-corrected chi connectivity index (χ3v) is 2.28. The van der Waals surface area contributed by atoms with E-state index >= 15 is 0 Å². The van der Waals surface area contributed by atoms with Crippen molar-refractivity contribution in [1.82, 2.24) is 14.5 Å². The number of carboxylic acid groups (broad SMARTS) is 1. The van der Waals surface area contributed by atoms with Crippen LogP contribution in [0.3, 0.4) is 0 Å². The van der Waals surface area contributed by atoms with Crippen molar-refractivity contribution in [2.24, 2.45) is 0 Å². The van der Waals surface area contributed by atoms with Gasteiger partial charge in [-0.3, -0.25) is 4.57 Å². The van der Waals surface area contributed by atoms with E-state index in [-0.39, 0.29) is 0 Å². The van der Waals surface area contributed by atoms with Gasteiger partial charge in [0.2, 0.25) is 0 Å². The maximum atomic E-state index is 10.5. The largest absolute Gasteiger partial charge is 0.478 e. The first kappa shape index (κ1) is 11.1. The van der Waals surface area contributed by atoms with Crippen LogP contribution in [0.4, 0.5) is 0 Å². The number of pyridine rings is 1. The highest BCUT2D eigenvalue weighted by atomic mass is 16.4. The van der Waals surface area contributed by atoms with Crippen LogP contribution < -0.4 is 0 Å². The van der Waals surface area contributed by atoms with Crippen LogP contribution in [0.1, 0.15) is 11.4 Å². The number of aryl methyl sites for hydroxylation is 1. The molecule has 0 radical (unpaired) electrons. The van der Waals surface area contributed by atoms with Crippen LogP contribution >= 0.6 is 0 Å². The summed E-state index contributed by atoms with van der Waals surface area (Å²) in [5, 5.41) is 8.62. The monoisotopic (exact) mass is 229 g/mol. The van der Waals surface area contributed by atoms with Crippen LogP contribution in [0, 0.1) is 6.92 Å². The molecule has 0 saturated carbocycles. The number of rotatable bonds is 3. The van der Waals surface area contributed by atoms with Crippen LogP contribution in [0.25, 0.3) is 11.9 Å². The second-order valence-corrected chi connectivity index (χ2v) is 3.43. The molecule has 0 unspecified atom stereocenters. The number of carbonyl (C=O) groups is 1. The van der Waals surface area contributed by atoms with Crippen molar-refractivity contribution in [2.75, 3.05) is 0 Å². The summed E-state index contributed by atoms with van der Waals surface area (Å²) in [5.74, 6) is 0.482. The Morgan fingerprint density at radius 1 is 1.41 bits per heavy atom. The molecule has 2 rings (SSSR count). The SMILES string of the molecule is Cc1nccn1-c1ncccc1/C=C/C(=O)O. The number of nitrogens with zero attached hydrogens (tertiary/aromatic N) is 3. The molecule has 0 aliphatic heterocycles. The Bertz CT molecular complexity index is 573. The van der Waals surface area contributed by atoms with Gasteiger partial charge in [0, 0.05) is 30.2 Å². The van der Waals surface area contributed by atoms with Gasteiger partial charge in [0.1, 0.15) is 11.6 Å². The summed E-state index contributed by atoms with van der Waals surface area (Å²) in [7, 11) is 0. The summed E-state index contributed by atoms with van der Waals surface area (Å²) in [6, 6.07) is 3.57. The summed E-state index contributed by atoms with van der Waals surface area (Å²) in [5.41, 5.74) is 0.732. The minimum atomic E-state index is -0.984. The average Bonchev–Trinajstić information content (AvgIpc) is 2.73. The van der Waals surface area contributed by atoms with Crippen molar-refractivity contribution < 1.29 is 9.90 Å². The van der Waals surface area contributed by atoms with Gasteiger partial charge in [0.05, 0.1) is 0 Å². The third-order valence-electron chi connectivity index (χ3n) is 2.28. The van der Waals surface area contributed by atoms with Crippen molar-refractivity contribution in [2.45, 2.75) is 6.92 Å². The Balaban J connectivity index is 2.48. The minimum Gasteiger partial charge on any atom is -0.478 e. The molecule has 1 N–H and O–H groups in total. The molecule has 0 fully saturated rings. The molecule has 5 nitrogen and oxygen atoms in total. The van der Waals surface area contributed by atoms with Crippen LogP contribution in [0.5, 0.6) is 0 Å². The van der Waals surface area contributed by atoms with Gasteiger partial charge in [0.25, 0.3) is 0 Å². The highest BCUT2D eigenvalue weighted by Gasteiger charge is 2.05. The van der Waals surface area contributed by atoms with Gasteiger partial charge in [-0.2, -0.15) is 0 Å². The lowest BCUT2D eigenvalue weighted by atomic mass is 10.2. The number of imidazole rings is 1. The fourth-order valence-corrected chi connectivity index (χ4v) is 1.50. The van der Waals surface area contributed by atoms with E-state index in [4.69, 9.17) is 5.11 Å². The number of carboxylic acids is 1. The summed E-state index contributed by atoms with van der Waals surface area (Å²) in [6.07, 6.45) is 7.73. The van der Waals surface area contributed by atoms with Gasteiger partial charge in [-0.1, -0.05) is 0 Å². The normalized spacial score (nSPS) is 10.9. The van der Waals surface area contributed by atoms with Crippen molar-refractivity contribution >= 4 is 12.0 Å². The molecule has 0 spiro atoms. The first-order valence-corrected chi connectivity index (χ1v) is 5.05. The Hall–Kier alpha value is -2.43. The minimum absolute atomic E-state index is 0.667. The fourth-order valence-electron chi connectivity index (χ4n) is 1.50. The van der Waals surface area contributed by atoms with Gasteiger partial charge < -0.3 is 5.11 Å². The first-order chi connectivity index (χ1) is 8.18. The zero-order chi connectivity index (χ0) is 12.3. The lowest BCUT2D eigenvalue weighted by Gasteiger charge is -2.06. The molecule has 0 aromatic carbocycles. The predicted molar refractivity (Wildman–Crippen MR) is 62.8 cm³/mol. The zero-order valence-electron chi connectivity index (χ0n) is 9.24. The second-order valence-electron chi connectivity index (χ2n) is 3.43. The predicted octanol–water partition coefficient (Wildman–Crippen LogP) is 1.67.